The first-order chi connectivity index (χ1) is 1.00. The fraction of sp³-hybridized carbons (Fsp3) is 0. The molecule has 5 heavy (non-hydrogen) atoms. The summed E-state index contributed by atoms with van der Waals surface area (Å²) in [5, 5.41) is 0. The third kappa shape index (κ3) is 29.2. The van der Waals surface area contributed by atoms with Crippen LogP contribution in [0.1, 0.15) is 0 Å². The van der Waals surface area contributed by atoms with Gasteiger partial charge in [0.2, 0.25) is 0 Å². The van der Waals surface area contributed by atoms with Gasteiger partial charge in [0.1, 0.15) is 0 Å². The van der Waals surface area contributed by atoms with Crippen molar-refractivity contribution in [2.24, 2.45) is 0 Å². The number of rotatable bonds is 0. The van der Waals surface area contributed by atoms with Crippen LogP contribution in [-0.4, -0.2) is 16.4 Å². The third-order valence-corrected chi connectivity index (χ3v) is 0. The monoisotopic (exact) mass is 229 g/mol. The van der Waals surface area contributed by atoms with Gasteiger partial charge in [-0.3, -0.25) is 0 Å². The van der Waals surface area contributed by atoms with Gasteiger partial charge in [-0.15, -0.1) is 0 Å². The average molecular weight is 230 g/mol. The molecular formula is H6CeClO3. The topological polar surface area (TPSA) is 94.5 Å². The van der Waals surface area contributed by atoms with Crippen LogP contribution in [0.2, 0.25) is 0 Å². The van der Waals surface area contributed by atoms with E-state index in [1.807, 2.05) is 0 Å². The van der Waals surface area contributed by atoms with E-state index >= 15 is 0 Å². The fourth-order valence-electron chi connectivity index (χ4n) is 0. The molecule has 6 N–H and O–H groups in total. The Morgan fingerprint density at radius 1 is 0.800 bits per heavy atom. The molecule has 0 saturated carbocycles. The fourth-order valence-corrected chi connectivity index (χ4v) is 0. The van der Waals surface area contributed by atoms with E-state index in [1.165, 1.54) is 0 Å². The van der Waals surface area contributed by atoms with Crippen LogP contribution in [0.25, 0.3) is 0 Å². The molecule has 0 aromatic rings. The van der Waals surface area contributed by atoms with Crippen molar-refractivity contribution in [3.05, 3.63) is 0 Å². The van der Waals surface area contributed by atoms with E-state index in [-0.39, 0.29) is 16.4 Å². The molecule has 0 spiro atoms. The van der Waals surface area contributed by atoms with Crippen molar-refractivity contribution in [3.63, 3.8) is 0 Å². The van der Waals surface area contributed by atoms with Crippen molar-refractivity contribution < 1.29 is 54.5 Å². The molecule has 35 valence electrons. The van der Waals surface area contributed by atoms with E-state index in [0.717, 1.165) is 38.1 Å². The first kappa shape index (κ1) is 31.1. The molecule has 0 aliphatic rings. The second-order valence-electron chi connectivity index (χ2n) is 0. The van der Waals surface area contributed by atoms with Crippen LogP contribution in [-0.2, 0) is 0 Å². The number of hydrogen-bond acceptors (Lipinski definition) is 0. The molecule has 0 saturated heterocycles. The van der Waals surface area contributed by atoms with Crippen molar-refractivity contribution in [2.75, 3.05) is 0 Å². The summed E-state index contributed by atoms with van der Waals surface area (Å²) in [4.78, 5) is 0. The zero-order valence-corrected chi connectivity index (χ0v) is 6.27. The Hall–Kier alpha value is 1.55. The second kappa shape index (κ2) is 47.9. The predicted octanol–water partition coefficient (Wildman–Crippen LogP) is -1.78. The van der Waals surface area contributed by atoms with E-state index in [9.17, 15) is 0 Å². The van der Waals surface area contributed by atoms with Gasteiger partial charge < -0.3 is 16.4 Å². The molecule has 0 heterocycles. The maximum atomic E-state index is 4.78. The molecule has 0 fully saturated rings. The molecule has 0 aromatic heterocycles. The van der Waals surface area contributed by atoms with Gasteiger partial charge in [0.05, 0.1) is 0 Å². The molecule has 0 unspecified atom stereocenters. The van der Waals surface area contributed by atoms with Gasteiger partial charge >= 0.3 is 43.7 Å². The van der Waals surface area contributed by atoms with Crippen LogP contribution >= 0.6 is 5.63 Å². The molecule has 0 aromatic carbocycles. The van der Waals surface area contributed by atoms with Crippen molar-refractivity contribution in [2.45, 2.75) is 0 Å². The van der Waals surface area contributed by atoms with Gasteiger partial charge in [0.25, 0.3) is 0 Å². The average Bonchev–Trinajstić information content (AvgIpc) is 1.00. The first-order valence-electron chi connectivity index (χ1n) is 0.189. The SMILES string of the molecule is O.O.O.[Cl][Ce]. The first-order valence-corrected chi connectivity index (χ1v) is 4.13. The van der Waals surface area contributed by atoms with E-state index in [4.69, 9.17) is 5.63 Å². The van der Waals surface area contributed by atoms with Crippen LogP contribution in [0.5, 0.6) is 0 Å². The quantitative estimate of drug-likeness (QED) is 0.469. The van der Waals surface area contributed by atoms with Crippen LogP contribution in [0.15, 0.2) is 0 Å². The normalized spacial score (nSPS) is 0.800. The Labute approximate surface area is 59.4 Å². The summed E-state index contributed by atoms with van der Waals surface area (Å²) in [7, 11) is 0. The third-order valence-electron chi connectivity index (χ3n) is 0. The van der Waals surface area contributed by atoms with Gasteiger partial charge in [-0.05, 0) is 0 Å². The second-order valence-corrected chi connectivity index (χ2v) is 0. The summed E-state index contributed by atoms with van der Waals surface area (Å²) in [5.74, 6) is 0. The molecule has 0 rings (SSSR count). The maximum absolute atomic E-state index is 4.78. The summed E-state index contributed by atoms with van der Waals surface area (Å²) in [6.45, 7) is 0. The zero-order valence-electron chi connectivity index (χ0n) is 2.38. The van der Waals surface area contributed by atoms with E-state index in [1.54, 1.807) is 0 Å². The Morgan fingerprint density at radius 3 is 0.800 bits per heavy atom. The minimum absolute atomic E-state index is 0. The summed E-state index contributed by atoms with van der Waals surface area (Å²) >= 11 is 0.778. The van der Waals surface area contributed by atoms with Gasteiger partial charge in [-0.25, -0.2) is 0 Å². The zero-order chi connectivity index (χ0) is 2.00. The molecule has 0 atom stereocenters. The van der Waals surface area contributed by atoms with Gasteiger partial charge in [-0.1, -0.05) is 0 Å². The predicted molar refractivity (Wildman–Crippen MR) is 16.7 cm³/mol. The van der Waals surface area contributed by atoms with Crippen LogP contribution in [0, 0.1) is 38.1 Å². The Morgan fingerprint density at radius 2 is 0.800 bits per heavy atom. The Bertz CT molecular complexity index is 6.85. The molecule has 3 nitrogen and oxygen atoms in total. The van der Waals surface area contributed by atoms with Crippen LogP contribution in [0.3, 0.4) is 0 Å². The van der Waals surface area contributed by atoms with Crippen LogP contribution in [0.4, 0.5) is 0 Å². The summed E-state index contributed by atoms with van der Waals surface area (Å²) in [5.41, 5.74) is 4.78. The molecular weight excluding hydrogens is 224 g/mol. The molecule has 0 aliphatic heterocycles. The molecule has 5 heteroatoms. The minimum atomic E-state index is 0. The van der Waals surface area contributed by atoms with Crippen molar-refractivity contribution >= 4 is 5.63 Å². The standard InChI is InChI=1S/Ce.ClH.3H2O/h;1H;3*1H2/q+1;;;;/p-1. The Kier molecular flexibility index (Phi) is 298. The van der Waals surface area contributed by atoms with Gasteiger partial charge in [0, 0.05) is 0 Å². The number of halogens is 1. The molecule has 0 radical (unpaired) electrons. The molecule has 0 aliphatic carbocycles. The van der Waals surface area contributed by atoms with Crippen molar-refractivity contribution in [1.82, 2.24) is 0 Å². The van der Waals surface area contributed by atoms with Gasteiger partial charge in [-0.2, -0.15) is 0 Å². The summed E-state index contributed by atoms with van der Waals surface area (Å²) in [6, 6.07) is 0. The van der Waals surface area contributed by atoms with E-state index in [2.05, 4.69) is 0 Å². The van der Waals surface area contributed by atoms with E-state index < -0.39 is 0 Å². The van der Waals surface area contributed by atoms with Crippen molar-refractivity contribution in [1.29, 1.82) is 0 Å². The molecule has 0 amide bonds. The van der Waals surface area contributed by atoms with E-state index in [0.29, 0.717) is 0 Å². The van der Waals surface area contributed by atoms with Crippen LogP contribution < -0.4 is 0 Å². The summed E-state index contributed by atoms with van der Waals surface area (Å²) < 4.78 is 0. The van der Waals surface area contributed by atoms with Crippen molar-refractivity contribution in [3.8, 4) is 0 Å². The number of hydrogen-bond donors (Lipinski definition) is 0. The van der Waals surface area contributed by atoms with Gasteiger partial charge in [0.15, 0.2) is 0 Å². The summed E-state index contributed by atoms with van der Waals surface area (Å²) in [6.07, 6.45) is 0. The Balaban J connectivity index is -0.00000000167. The molecule has 0 bridgehead atoms.